The van der Waals surface area contributed by atoms with Crippen molar-refractivity contribution in [2.75, 3.05) is 5.75 Å². The lowest BCUT2D eigenvalue weighted by molar-refractivity contribution is 0.506. The van der Waals surface area contributed by atoms with Crippen LogP contribution in [0.15, 0.2) is 52.3 Å². The second-order valence-electron chi connectivity index (χ2n) is 4.44. The fraction of sp³-hybridized carbons (Fsp3) is 0.200. The summed E-state index contributed by atoms with van der Waals surface area (Å²) in [6, 6.07) is 12.5. The first kappa shape index (κ1) is 13.0. The molecule has 0 nitrogen and oxygen atoms in total. The SMILES string of the molecule is Fc1ccc(SCC2Cc3ccccc3S2)cc1F. The lowest BCUT2D eigenvalue weighted by Gasteiger charge is -2.08. The molecule has 0 N–H and O–H groups in total. The maximum atomic E-state index is 13.1. The van der Waals surface area contributed by atoms with Crippen LogP contribution in [0.4, 0.5) is 8.78 Å². The number of thioether (sulfide) groups is 2. The van der Waals surface area contributed by atoms with Crippen molar-refractivity contribution in [1.29, 1.82) is 0 Å². The summed E-state index contributed by atoms with van der Waals surface area (Å²) in [4.78, 5) is 2.13. The molecule has 0 spiro atoms. The van der Waals surface area contributed by atoms with E-state index in [1.54, 1.807) is 17.8 Å². The molecule has 0 bridgehead atoms. The van der Waals surface area contributed by atoms with Crippen LogP contribution in [0, 0.1) is 11.6 Å². The van der Waals surface area contributed by atoms with Crippen molar-refractivity contribution in [3.63, 3.8) is 0 Å². The first-order valence-electron chi connectivity index (χ1n) is 6.05. The largest absolute Gasteiger partial charge is 0.204 e. The Kier molecular flexibility index (Phi) is 3.80. The smallest absolute Gasteiger partial charge is 0.159 e. The Morgan fingerprint density at radius 2 is 1.95 bits per heavy atom. The third-order valence-electron chi connectivity index (χ3n) is 3.04. The van der Waals surface area contributed by atoms with Gasteiger partial charge in [0.1, 0.15) is 0 Å². The summed E-state index contributed by atoms with van der Waals surface area (Å²) in [5.74, 6) is -0.649. The molecule has 1 heterocycles. The van der Waals surface area contributed by atoms with Crippen molar-refractivity contribution in [3.8, 4) is 0 Å². The molecular formula is C15H12F2S2. The molecule has 19 heavy (non-hydrogen) atoms. The monoisotopic (exact) mass is 294 g/mol. The van der Waals surface area contributed by atoms with Gasteiger partial charge in [-0.15, -0.1) is 23.5 Å². The fourth-order valence-electron chi connectivity index (χ4n) is 2.10. The number of hydrogen-bond donors (Lipinski definition) is 0. The van der Waals surface area contributed by atoms with E-state index in [-0.39, 0.29) is 0 Å². The van der Waals surface area contributed by atoms with Crippen LogP contribution in [-0.4, -0.2) is 11.0 Å². The second kappa shape index (κ2) is 5.55. The summed E-state index contributed by atoms with van der Waals surface area (Å²) in [6.07, 6.45) is 1.05. The van der Waals surface area contributed by atoms with Gasteiger partial charge in [-0.2, -0.15) is 0 Å². The van der Waals surface area contributed by atoms with Crippen LogP contribution < -0.4 is 0 Å². The van der Waals surface area contributed by atoms with Gasteiger partial charge in [0, 0.05) is 20.8 Å². The Morgan fingerprint density at radius 3 is 2.74 bits per heavy atom. The zero-order valence-corrected chi connectivity index (χ0v) is 11.7. The van der Waals surface area contributed by atoms with Gasteiger partial charge < -0.3 is 0 Å². The van der Waals surface area contributed by atoms with Crippen LogP contribution in [0.5, 0.6) is 0 Å². The Morgan fingerprint density at radius 1 is 1.11 bits per heavy atom. The van der Waals surface area contributed by atoms with E-state index in [0.29, 0.717) is 5.25 Å². The second-order valence-corrected chi connectivity index (χ2v) is 6.87. The number of rotatable bonds is 3. The third-order valence-corrected chi connectivity index (χ3v) is 5.73. The summed E-state index contributed by atoms with van der Waals surface area (Å²) in [5, 5.41) is 0.510. The van der Waals surface area contributed by atoms with E-state index in [0.717, 1.165) is 17.1 Å². The molecule has 98 valence electrons. The molecule has 2 aromatic rings. The Bertz CT molecular complexity index is 573. The number of benzene rings is 2. The molecule has 1 atom stereocenters. The normalized spacial score (nSPS) is 17.5. The summed E-state index contributed by atoms with van der Waals surface area (Å²) >= 11 is 3.46. The average molecular weight is 294 g/mol. The summed E-state index contributed by atoms with van der Waals surface area (Å²) in [7, 11) is 0. The molecule has 1 aliphatic rings. The van der Waals surface area contributed by atoms with Gasteiger partial charge >= 0.3 is 0 Å². The van der Waals surface area contributed by atoms with Crippen molar-refractivity contribution in [2.24, 2.45) is 0 Å². The quantitative estimate of drug-likeness (QED) is 0.748. The Labute approximate surface area is 119 Å². The fourth-order valence-corrected chi connectivity index (χ4v) is 4.51. The van der Waals surface area contributed by atoms with Gasteiger partial charge in [0.15, 0.2) is 11.6 Å². The van der Waals surface area contributed by atoms with Crippen molar-refractivity contribution in [3.05, 3.63) is 59.7 Å². The van der Waals surface area contributed by atoms with Gasteiger partial charge in [-0.05, 0) is 36.2 Å². The van der Waals surface area contributed by atoms with E-state index in [1.807, 2.05) is 11.8 Å². The van der Waals surface area contributed by atoms with Gasteiger partial charge in [-0.1, -0.05) is 18.2 Å². The number of fused-ring (bicyclic) bond motifs is 1. The molecule has 0 saturated carbocycles. The van der Waals surface area contributed by atoms with Gasteiger partial charge in [0.25, 0.3) is 0 Å². The van der Waals surface area contributed by atoms with Crippen LogP contribution in [0.2, 0.25) is 0 Å². The highest BCUT2D eigenvalue weighted by molar-refractivity contribution is 8.03. The maximum absolute atomic E-state index is 13.1. The van der Waals surface area contributed by atoms with Crippen LogP contribution in [0.25, 0.3) is 0 Å². The first-order chi connectivity index (χ1) is 9.22. The van der Waals surface area contributed by atoms with E-state index >= 15 is 0 Å². The van der Waals surface area contributed by atoms with E-state index < -0.39 is 11.6 Å². The minimum absolute atomic E-state index is 0.510. The highest BCUT2D eigenvalue weighted by Crippen LogP contribution is 2.39. The van der Waals surface area contributed by atoms with E-state index in [1.165, 1.54) is 22.6 Å². The molecule has 0 aliphatic carbocycles. The molecule has 2 aromatic carbocycles. The third kappa shape index (κ3) is 2.95. The molecule has 3 rings (SSSR count). The van der Waals surface area contributed by atoms with Crippen LogP contribution in [0.3, 0.4) is 0 Å². The number of hydrogen-bond acceptors (Lipinski definition) is 2. The highest BCUT2D eigenvalue weighted by atomic mass is 32.2. The van der Waals surface area contributed by atoms with Crippen LogP contribution in [-0.2, 0) is 6.42 Å². The zero-order chi connectivity index (χ0) is 13.2. The molecule has 0 fully saturated rings. The lowest BCUT2D eigenvalue weighted by atomic mass is 10.1. The van der Waals surface area contributed by atoms with Gasteiger partial charge in [-0.3, -0.25) is 0 Å². The predicted octanol–water partition coefficient (Wildman–Crippen LogP) is 4.77. The zero-order valence-electron chi connectivity index (χ0n) is 10.1. The predicted molar refractivity (Wildman–Crippen MR) is 76.9 cm³/mol. The first-order valence-corrected chi connectivity index (χ1v) is 7.91. The summed E-state index contributed by atoms with van der Waals surface area (Å²) in [5.41, 5.74) is 1.39. The average Bonchev–Trinajstić information content (AvgIpc) is 2.83. The van der Waals surface area contributed by atoms with Crippen LogP contribution in [0.1, 0.15) is 5.56 Å². The minimum atomic E-state index is -0.785. The van der Waals surface area contributed by atoms with E-state index in [9.17, 15) is 8.78 Å². The van der Waals surface area contributed by atoms with Crippen molar-refractivity contribution < 1.29 is 8.78 Å². The van der Waals surface area contributed by atoms with Gasteiger partial charge in [-0.25, -0.2) is 8.78 Å². The highest BCUT2D eigenvalue weighted by Gasteiger charge is 2.21. The van der Waals surface area contributed by atoms with Gasteiger partial charge in [0.2, 0.25) is 0 Å². The summed E-state index contributed by atoms with van der Waals surface area (Å²) in [6.45, 7) is 0. The minimum Gasteiger partial charge on any atom is -0.204 e. The maximum Gasteiger partial charge on any atom is 0.159 e. The summed E-state index contributed by atoms with van der Waals surface area (Å²) < 4.78 is 25.9. The van der Waals surface area contributed by atoms with Crippen molar-refractivity contribution >= 4 is 23.5 Å². The molecular weight excluding hydrogens is 282 g/mol. The lowest BCUT2D eigenvalue weighted by Crippen LogP contribution is -2.03. The van der Waals surface area contributed by atoms with Crippen molar-refractivity contribution in [2.45, 2.75) is 21.5 Å². The molecule has 0 saturated heterocycles. The Balaban J connectivity index is 1.61. The molecule has 0 amide bonds. The Hall–Kier alpha value is -1.00. The van der Waals surface area contributed by atoms with Crippen LogP contribution >= 0.6 is 23.5 Å². The number of halogens is 2. The molecule has 1 unspecified atom stereocenters. The molecule has 1 aliphatic heterocycles. The van der Waals surface area contributed by atoms with E-state index in [4.69, 9.17) is 0 Å². The molecule has 0 radical (unpaired) electrons. The standard InChI is InChI=1S/C15H12F2S2/c16-13-6-5-11(8-14(13)17)18-9-12-7-10-3-1-2-4-15(10)19-12/h1-6,8,12H,7,9H2. The topological polar surface area (TPSA) is 0 Å². The van der Waals surface area contributed by atoms with Gasteiger partial charge in [0.05, 0.1) is 0 Å². The van der Waals surface area contributed by atoms with Crippen molar-refractivity contribution in [1.82, 2.24) is 0 Å². The van der Waals surface area contributed by atoms with E-state index in [2.05, 4.69) is 24.3 Å². The molecule has 0 aromatic heterocycles. The molecule has 4 heteroatoms.